The number of aromatic amines is 1. The Morgan fingerprint density at radius 2 is 1.74 bits per heavy atom. The number of aryl methyl sites for hydroxylation is 2. The molecule has 3 aromatic rings. The highest BCUT2D eigenvalue weighted by Gasteiger charge is 2.29. The summed E-state index contributed by atoms with van der Waals surface area (Å²) in [6.07, 6.45) is 6.49. The summed E-state index contributed by atoms with van der Waals surface area (Å²) >= 11 is 0. The molecule has 3 aliphatic rings. The number of nitrogens with zero attached hydrogens (tertiary/aromatic N) is 3. The van der Waals surface area contributed by atoms with Gasteiger partial charge in [0.15, 0.2) is 0 Å². The number of likely N-dealkylation sites (N-methyl/N-ethyl adjacent to an activating group) is 1. The van der Waals surface area contributed by atoms with Gasteiger partial charge >= 0.3 is 0 Å². The van der Waals surface area contributed by atoms with Gasteiger partial charge in [0.1, 0.15) is 5.82 Å². The Morgan fingerprint density at radius 1 is 0.971 bits per heavy atom. The molecule has 6 nitrogen and oxygen atoms in total. The largest absolute Gasteiger partial charge is 0.344 e. The first kappa shape index (κ1) is 21.6. The lowest BCUT2D eigenvalue weighted by Gasteiger charge is -2.19. The quantitative estimate of drug-likeness (QED) is 0.602. The lowest BCUT2D eigenvalue weighted by Crippen LogP contribution is -2.37. The number of carbonyl (C=O) groups is 1. The molecule has 2 aliphatic heterocycles. The molecule has 2 fully saturated rings. The number of hydrogen-bond acceptors (Lipinski definition) is 4. The van der Waals surface area contributed by atoms with E-state index < -0.39 is 0 Å². The van der Waals surface area contributed by atoms with E-state index in [4.69, 9.17) is 4.98 Å². The van der Waals surface area contributed by atoms with Crippen LogP contribution in [-0.2, 0) is 17.6 Å². The molecule has 0 saturated carbocycles. The van der Waals surface area contributed by atoms with E-state index in [9.17, 15) is 4.79 Å². The summed E-state index contributed by atoms with van der Waals surface area (Å²) in [5, 5.41) is 3.09. The molecule has 0 bridgehead atoms. The number of nitrogens with one attached hydrogen (secondary N) is 2. The van der Waals surface area contributed by atoms with Crippen LogP contribution in [-0.4, -0.2) is 58.9 Å². The highest BCUT2D eigenvalue weighted by molar-refractivity contribution is 5.95. The first-order chi connectivity index (χ1) is 16.6. The number of hydrogen-bond donors (Lipinski definition) is 2. The minimum atomic E-state index is -0.0122. The summed E-state index contributed by atoms with van der Waals surface area (Å²) in [5.74, 6) is 1.22. The van der Waals surface area contributed by atoms with Gasteiger partial charge in [-0.2, -0.15) is 0 Å². The highest BCUT2D eigenvalue weighted by Crippen LogP contribution is 2.37. The number of carbonyl (C=O) groups excluding carboxylic acids is 1. The summed E-state index contributed by atoms with van der Waals surface area (Å²) in [7, 11) is 4.22. The van der Waals surface area contributed by atoms with Crippen molar-refractivity contribution in [1.29, 1.82) is 0 Å². The van der Waals surface area contributed by atoms with Crippen LogP contribution in [0.25, 0.3) is 22.4 Å². The predicted molar refractivity (Wildman–Crippen MR) is 136 cm³/mol. The molecule has 0 spiro atoms. The Morgan fingerprint density at radius 3 is 2.47 bits per heavy atom. The van der Waals surface area contributed by atoms with Crippen LogP contribution in [0, 0.1) is 0 Å². The number of aromatic nitrogens is 2. The number of amides is 1. The Labute approximate surface area is 201 Å². The molecule has 34 heavy (non-hydrogen) atoms. The number of imidazole rings is 1. The van der Waals surface area contributed by atoms with Crippen LogP contribution in [0.3, 0.4) is 0 Å². The second-order valence-electron chi connectivity index (χ2n) is 10.2. The SMILES string of the molecule is CN1CCCC1C(=O)Nc1ccc(-c2ccc3c(c2)CCc2[nH]c([C@@H]4CCCN4C)nc2-3)cc1. The molecule has 2 saturated heterocycles. The zero-order valence-corrected chi connectivity index (χ0v) is 20.1. The van der Waals surface area contributed by atoms with Gasteiger partial charge in [-0.05, 0) is 94.5 Å². The van der Waals surface area contributed by atoms with Crippen LogP contribution in [0.4, 0.5) is 5.69 Å². The summed E-state index contributed by atoms with van der Waals surface area (Å²) in [6.45, 7) is 2.14. The fraction of sp³-hybridized carbons (Fsp3) is 0.429. The lowest BCUT2D eigenvalue weighted by molar-refractivity contribution is -0.119. The zero-order valence-electron chi connectivity index (χ0n) is 20.1. The van der Waals surface area contributed by atoms with Gasteiger partial charge in [0.2, 0.25) is 5.91 Å². The summed E-state index contributed by atoms with van der Waals surface area (Å²) < 4.78 is 0. The third kappa shape index (κ3) is 3.85. The van der Waals surface area contributed by atoms with Gasteiger partial charge in [-0.3, -0.25) is 14.6 Å². The van der Waals surface area contributed by atoms with Gasteiger partial charge in [-0.25, -0.2) is 4.98 Å². The maximum Gasteiger partial charge on any atom is 0.241 e. The average Bonchev–Trinajstić information content (AvgIpc) is 3.58. The summed E-state index contributed by atoms with van der Waals surface area (Å²) in [5.41, 5.74) is 8.28. The van der Waals surface area contributed by atoms with Crippen molar-refractivity contribution in [2.75, 3.05) is 32.5 Å². The van der Waals surface area contributed by atoms with E-state index in [1.807, 2.05) is 19.2 Å². The Bertz CT molecular complexity index is 1210. The molecule has 6 rings (SSSR count). The van der Waals surface area contributed by atoms with Gasteiger partial charge in [0, 0.05) is 16.9 Å². The van der Waals surface area contributed by atoms with E-state index in [1.54, 1.807) is 0 Å². The van der Waals surface area contributed by atoms with Gasteiger partial charge in [-0.1, -0.05) is 30.3 Å². The van der Waals surface area contributed by atoms with Crippen molar-refractivity contribution in [3.63, 3.8) is 0 Å². The zero-order chi connectivity index (χ0) is 23.2. The number of benzene rings is 2. The Hall–Kier alpha value is -2.96. The van der Waals surface area contributed by atoms with Gasteiger partial charge in [-0.15, -0.1) is 0 Å². The highest BCUT2D eigenvalue weighted by atomic mass is 16.2. The lowest BCUT2D eigenvalue weighted by atomic mass is 9.89. The topological polar surface area (TPSA) is 64.3 Å². The molecule has 1 aromatic heterocycles. The van der Waals surface area contributed by atoms with Gasteiger partial charge in [0.05, 0.1) is 17.8 Å². The maximum atomic E-state index is 12.6. The molecular formula is C28H33N5O. The minimum absolute atomic E-state index is 0.0122. The van der Waals surface area contributed by atoms with Crippen molar-refractivity contribution in [3.8, 4) is 22.4 Å². The molecule has 1 amide bonds. The van der Waals surface area contributed by atoms with E-state index in [2.05, 4.69) is 57.5 Å². The van der Waals surface area contributed by atoms with Crippen molar-refractivity contribution >= 4 is 11.6 Å². The fourth-order valence-electron chi connectivity index (χ4n) is 5.93. The summed E-state index contributed by atoms with van der Waals surface area (Å²) in [6, 6.07) is 15.4. The third-order valence-electron chi connectivity index (χ3n) is 7.95. The molecule has 0 radical (unpaired) electrons. The van der Waals surface area contributed by atoms with E-state index in [-0.39, 0.29) is 11.9 Å². The number of rotatable bonds is 4. The van der Waals surface area contributed by atoms with Gasteiger partial charge in [0.25, 0.3) is 0 Å². The van der Waals surface area contributed by atoms with E-state index in [0.717, 1.165) is 56.0 Å². The molecule has 6 heteroatoms. The van der Waals surface area contributed by atoms with E-state index >= 15 is 0 Å². The standard InChI is InChI=1S/C28H33N5O/c1-32-15-3-5-24(32)27-30-23-14-10-20-17-19(9-13-22(20)26(23)31-27)18-7-11-21(12-8-18)29-28(34)25-6-4-16-33(25)2/h7-9,11-13,17,24-25H,3-6,10,14-16H2,1-2H3,(H,29,34)(H,30,31)/t24-,25?/m0/s1. The first-order valence-corrected chi connectivity index (χ1v) is 12.6. The smallest absolute Gasteiger partial charge is 0.241 e. The molecule has 3 heterocycles. The maximum absolute atomic E-state index is 12.6. The van der Waals surface area contributed by atoms with Crippen molar-refractivity contribution in [2.24, 2.45) is 0 Å². The average molecular weight is 456 g/mol. The van der Waals surface area contributed by atoms with Crippen LogP contribution in [0.15, 0.2) is 42.5 Å². The van der Waals surface area contributed by atoms with Crippen molar-refractivity contribution < 1.29 is 4.79 Å². The second kappa shape index (κ2) is 8.67. The second-order valence-corrected chi connectivity index (χ2v) is 10.2. The van der Waals surface area contributed by atoms with Crippen LogP contribution < -0.4 is 5.32 Å². The molecule has 176 valence electrons. The normalized spacial score (nSPS) is 22.5. The van der Waals surface area contributed by atoms with Gasteiger partial charge < -0.3 is 10.3 Å². The van der Waals surface area contributed by atoms with Crippen molar-refractivity contribution in [2.45, 2.75) is 50.6 Å². The van der Waals surface area contributed by atoms with E-state index in [0.29, 0.717) is 6.04 Å². The van der Waals surface area contributed by atoms with Crippen LogP contribution in [0.2, 0.25) is 0 Å². The number of anilines is 1. The predicted octanol–water partition coefficient (Wildman–Crippen LogP) is 4.64. The molecule has 2 N–H and O–H groups in total. The molecular weight excluding hydrogens is 422 g/mol. The Balaban J connectivity index is 1.20. The van der Waals surface area contributed by atoms with Crippen molar-refractivity contribution in [1.82, 2.24) is 19.8 Å². The summed E-state index contributed by atoms with van der Waals surface area (Å²) in [4.78, 5) is 25.8. The molecule has 2 atom stereocenters. The third-order valence-corrected chi connectivity index (χ3v) is 7.95. The van der Waals surface area contributed by atoms with Crippen molar-refractivity contribution in [3.05, 3.63) is 59.5 Å². The number of fused-ring (bicyclic) bond motifs is 3. The molecule has 1 unspecified atom stereocenters. The molecule has 1 aliphatic carbocycles. The first-order valence-electron chi connectivity index (χ1n) is 12.6. The fourth-order valence-corrected chi connectivity index (χ4v) is 5.93. The monoisotopic (exact) mass is 455 g/mol. The number of likely N-dealkylation sites (tertiary alicyclic amines) is 2. The van der Waals surface area contributed by atoms with Crippen LogP contribution >= 0.6 is 0 Å². The number of H-pyrrole nitrogens is 1. The minimum Gasteiger partial charge on any atom is -0.344 e. The van der Waals surface area contributed by atoms with Crippen LogP contribution in [0.1, 0.15) is 48.8 Å². The van der Waals surface area contributed by atoms with E-state index in [1.165, 1.54) is 40.8 Å². The molecule has 2 aromatic carbocycles. The Kier molecular flexibility index (Phi) is 5.50. The van der Waals surface area contributed by atoms with Crippen LogP contribution in [0.5, 0.6) is 0 Å².